The molecule has 0 aliphatic heterocycles. The Hall–Kier alpha value is -3.56. The lowest BCUT2D eigenvalue weighted by Gasteiger charge is -2.34. The number of nitrogens with zero attached hydrogens (tertiary/aromatic N) is 2. The van der Waals surface area contributed by atoms with E-state index in [0.717, 1.165) is 28.3 Å². The fraction of sp³-hybridized carbons (Fsp3) is 0.257. The summed E-state index contributed by atoms with van der Waals surface area (Å²) in [6.07, 6.45) is 1.86. The summed E-state index contributed by atoms with van der Waals surface area (Å²) >= 11 is 18.6. The van der Waals surface area contributed by atoms with Crippen LogP contribution in [0.1, 0.15) is 36.5 Å². The maximum absolute atomic E-state index is 14.5. The van der Waals surface area contributed by atoms with Crippen LogP contribution in [0, 0.1) is 6.92 Å². The average Bonchev–Trinajstić information content (AvgIpc) is 3.04. The van der Waals surface area contributed by atoms with Crippen LogP contribution in [0.25, 0.3) is 0 Å². The zero-order valence-corrected chi connectivity index (χ0v) is 28.7. The van der Waals surface area contributed by atoms with Crippen molar-refractivity contribution in [2.24, 2.45) is 0 Å². The first kappa shape index (κ1) is 35.3. The molecule has 46 heavy (non-hydrogen) atoms. The number of halogens is 3. The number of aryl methyl sites for hydroxylation is 1. The molecule has 0 heterocycles. The summed E-state index contributed by atoms with van der Waals surface area (Å²) in [5.74, 6) is -0.913. The second kappa shape index (κ2) is 16.3. The molecule has 0 aliphatic carbocycles. The molecule has 0 unspecified atom stereocenters. The molecule has 11 heteroatoms. The summed E-state index contributed by atoms with van der Waals surface area (Å²) in [4.78, 5) is 29.7. The van der Waals surface area contributed by atoms with Crippen LogP contribution in [0.4, 0.5) is 5.69 Å². The highest BCUT2D eigenvalue weighted by atomic mass is 35.5. The quantitative estimate of drug-likeness (QED) is 0.137. The topological polar surface area (TPSA) is 86.8 Å². The predicted octanol–water partition coefficient (Wildman–Crippen LogP) is 7.71. The van der Waals surface area contributed by atoms with Gasteiger partial charge in [0.1, 0.15) is 12.6 Å². The monoisotopic (exact) mass is 699 g/mol. The van der Waals surface area contributed by atoms with Crippen LogP contribution in [0.2, 0.25) is 15.1 Å². The van der Waals surface area contributed by atoms with Crippen LogP contribution in [0.3, 0.4) is 0 Å². The average molecular weight is 701 g/mol. The Morgan fingerprint density at radius 2 is 1.50 bits per heavy atom. The summed E-state index contributed by atoms with van der Waals surface area (Å²) in [6, 6.07) is 26.0. The van der Waals surface area contributed by atoms with Gasteiger partial charge in [0.15, 0.2) is 0 Å². The Kier molecular flexibility index (Phi) is 12.5. The molecule has 7 nitrogen and oxygen atoms in total. The molecular weight excluding hydrogens is 665 g/mol. The molecule has 4 rings (SSSR count). The maximum Gasteiger partial charge on any atom is 0.264 e. The number of hydrogen-bond donors (Lipinski definition) is 1. The minimum absolute atomic E-state index is 0.0167. The normalized spacial score (nSPS) is 11.9. The lowest BCUT2D eigenvalue weighted by Crippen LogP contribution is -2.53. The largest absolute Gasteiger partial charge is 0.354 e. The zero-order chi connectivity index (χ0) is 33.3. The van der Waals surface area contributed by atoms with Gasteiger partial charge in [0.05, 0.1) is 20.6 Å². The molecule has 242 valence electrons. The van der Waals surface area contributed by atoms with Crippen LogP contribution in [0.5, 0.6) is 0 Å². The van der Waals surface area contributed by atoms with Gasteiger partial charge in [-0.2, -0.15) is 0 Å². The maximum atomic E-state index is 14.5. The lowest BCUT2D eigenvalue weighted by molar-refractivity contribution is -0.140. The van der Waals surface area contributed by atoms with Crippen molar-refractivity contribution >= 4 is 62.3 Å². The van der Waals surface area contributed by atoms with E-state index in [1.54, 1.807) is 42.5 Å². The van der Waals surface area contributed by atoms with Crippen molar-refractivity contribution in [3.63, 3.8) is 0 Å². The van der Waals surface area contributed by atoms with E-state index < -0.39 is 28.5 Å². The Bertz CT molecular complexity index is 1740. The van der Waals surface area contributed by atoms with E-state index in [1.165, 1.54) is 29.2 Å². The molecule has 0 spiro atoms. The fourth-order valence-corrected chi connectivity index (χ4v) is 6.73. The van der Waals surface area contributed by atoms with Crippen molar-refractivity contribution in [3.05, 3.63) is 129 Å². The molecule has 0 aliphatic rings. The molecule has 4 aromatic rings. The van der Waals surface area contributed by atoms with Crippen LogP contribution in [-0.2, 0) is 32.6 Å². The van der Waals surface area contributed by atoms with Gasteiger partial charge in [-0.15, -0.1) is 0 Å². The summed E-state index contributed by atoms with van der Waals surface area (Å²) in [7, 11) is -4.23. The molecule has 0 aromatic heterocycles. The Morgan fingerprint density at radius 1 is 0.826 bits per heavy atom. The lowest BCUT2D eigenvalue weighted by atomic mass is 10.0. The first-order valence-corrected chi connectivity index (χ1v) is 17.5. The van der Waals surface area contributed by atoms with Gasteiger partial charge in [0.25, 0.3) is 10.0 Å². The number of hydrogen-bond acceptors (Lipinski definition) is 4. The van der Waals surface area contributed by atoms with Gasteiger partial charge >= 0.3 is 0 Å². The smallest absolute Gasteiger partial charge is 0.264 e. The molecule has 0 saturated heterocycles. The Labute approximate surface area is 286 Å². The number of nitrogens with one attached hydrogen (secondary N) is 1. The number of benzene rings is 4. The number of carbonyl (C=O) groups is 2. The van der Waals surface area contributed by atoms with Crippen molar-refractivity contribution in [2.75, 3.05) is 17.4 Å². The Morgan fingerprint density at radius 3 is 2.13 bits per heavy atom. The standard InChI is InChI=1S/C35H36Cl3N3O4S/c1-3-4-20-39-35(43)33(22-26-8-6-5-7-9-26)40(23-27-12-19-31(37)32(38)21-27)34(42)24-41(29-15-10-25(2)11-16-29)46(44,45)30-17-13-28(36)14-18-30/h5-19,21,33H,3-4,20,22-24H2,1-2H3,(H,39,43)/t33-/m1/s1. The van der Waals surface area contributed by atoms with E-state index in [2.05, 4.69) is 5.32 Å². The highest BCUT2D eigenvalue weighted by molar-refractivity contribution is 7.92. The summed E-state index contributed by atoms with van der Waals surface area (Å²) in [5.41, 5.74) is 2.70. The van der Waals surface area contributed by atoms with E-state index >= 15 is 0 Å². The van der Waals surface area contributed by atoms with Gasteiger partial charge in [-0.1, -0.05) is 102 Å². The van der Waals surface area contributed by atoms with E-state index in [9.17, 15) is 18.0 Å². The van der Waals surface area contributed by atoms with Crippen molar-refractivity contribution in [1.29, 1.82) is 0 Å². The second-order valence-electron chi connectivity index (χ2n) is 10.9. The SMILES string of the molecule is CCCCNC(=O)[C@@H](Cc1ccccc1)N(Cc1ccc(Cl)c(Cl)c1)C(=O)CN(c1ccc(C)cc1)S(=O)(=O)c1ccc(Cl)cc1. The van der Waals surface area contributed by atoms with Crippen molar-refractivity contribution in [2.45, 2.75) is 50.6 Å². The van der Waals surface area contributed by atoms with Gasteiger partial charge < -0.3 is 10.2 Å². The highest BCUT2D eigenvalue weighted by Gasteiger charge is 2.34. The summed E-state index contributed by atoms with van der Waals surface area (Å²) < 4.78 is 29.3. The minimum Gasteiger partial charge on any atom is -0.354 e. The van der Waals surface area contributed by atoms with Crippen LogP contribution in [0.15, 0.2) is 102 Å². The fourth-order valence-electron chi connectivity index (χ4n) is 4.87. The Balaban J connectivity index is 1.80. The van der Waals surface area contributed by atoms with Gasteiger partial charge in [-0.05, 0) is 73.0 Å². The third-order valence-corrected chi connectivity index (χ3v) is 10.2. The van der Waals surface area contributed by atoms with Crippen molar-refractivity contribution < 1.29 is 18.0 Å². The van der Waals surface area contributed by atoms with Crippen molar-refractivity contribution in [1.82, 2.24) is 10.2 Å². The van der Waals surface area contributed by atoms with E-state index in [-0.39, 0.29) is 23.8 Å². The van der Waals surface area contributed by atoms with Crippen LogP contribution < -0.4 is 9.62 Å². The third kappa shape index (κ3) is 9.26. The molecule has 0 bridgehead atoms. The summed E-state index contributed by atoms with van der Waals surface area (Å²) in [5, 5.41) is 4.00. The number of sulfonamides is 1. The third-order valence-electron chi connectivity index (χ3n) is 7.44. The molecule has 0 fully saturated rings. The first-order chi connectivity index (χ1) is 22.0. The van der Waals surface area contributed by atoms with E-state index in [4.69, 9.17) is 34.8 Å². The molecule has 0 saturated carbocycles. The first-order valence-electron chi connectivity index (χ1n) is 14.9. The number of unbranched alkanes of at least 4 members (excludes halogenated alkanes) is 1. The van der Waals surface area contributed by atoms with Gasteiger partial charge in [-0.25, -0.2) is 8.42 Å². The molecule has 0 radical (unpaired) electrons. The molecule has 1 atom stereocenters. The van der Waals surface area contributed by atoms with Gasteiger partial charge in [-0.3, -0.25) is 13.9 Å². The number of amides is 2. The number of rotatable bonds is 14. The van der Waals surface area contributed by atoms with E-state index in [1.807, 2.05) is 44.2 Å². The minimum atomic E-state index is -4.23. The van der Waals surface area contributed by atoms with Crippen LogP contribution in [-0.4, -0.2) is 44.3 Å². The predicted molar refractivity (Wildman–Crippen MR) is 186 cm³/mol. The van der Waals surface area contributed by atoms with Crippen molar-refractivity contribution in [3.8, 4) is 0 Å². The highest BCUT2D eigenvalue weighted by Crippen LogP contribution is 2.28. The van der Waals surface area contributed by atoms with Crippen LogP contribution >= 0.6 is 34.8 Å². The van der Waals surface area contributed by atoms with Gasteiger partial charge in [0, 0.05) is 24.5 Å². The second-order valence-corrected chi connectivity index (χ2v) is 14.0. The summed E-state index contributed by atoms with van der Waals surface area (Å²) in [6.45, 7) is 3.77. The molecular formula is C35H36Cl3N3O4S. The number of anilines is 1. The van der Waals surface area contributed by atoms with E-state index in [0.29, 0.717) is 32.9 Å². The molecule has 2 amide bonds. The molecule has 4 aromatic carbocycles. The molecule has 1 N–H and O–H groups in total. The van der Waals surface area contributed by atoms with Gasteiger partial charge in [0.2, 0.25) is 11.8 Å². The number of carbonyl (C=O) groups excluding carboxylic acids is 2. The zero-order valence-electron chi connectivity index (χ0n) is 25.6.